The van der Waals surface area contributed by atoms with Gasteiger partial charge in [-0.3, -0.25) is 0 Å². The summed E-state index contributed by atoms with van der Waals surface area (Å²) in [6.45, 7) is 2.31. The van der Waals surface area contributed by atoms with E-state index in [-0.39, 0.29) is 6.61 Å². The first-order chi connectivity index (χ1) is 14.7. The Morgan fingerprint density at radius 3 is 2.13 bits per heavy atom. The van der Waals surface area contributed by atoms with Crippen molar-refractivity contribution >= 4 is 17.0 Å². The number of ether oxygens (including phenoxy) is 3. The Morgan fingerprint density at radius 1 is 0.833 bits per heavy atom. The fourth-order valence-corrected chi connectivity index (χ4v) is 3.69. The number of benzene rings is 2. The Bertz CT molecular complexity index is 879. The number of rotatable bonds is 12. The van der Waals surface area contributed by atoms with E-state index >= 15 is 0 Å². The highest BCUT2D eigenvalue weighted by molar-refractivity contribution is 7.18. The van der Waals surface area contributed by atoms with Gasteiger partial charge in [-0.05, 0) is 42.0 Å². The second kappa shape index (κ2) is 11.7. The van der Waals surface area contributed by atoms with Gasteiger partial charge in [-0.25, -0.2) is 4.98 Å². The quantitative estimate of drug-likeness (QED) is 0.441. The van der Waals surface area contributed by atoms with E-state index in [1.807, 2.05) is 44.6 Å². The maximum atomic E-state index is 8.61. The molecule has 0 aliphatic carbocycles. The minimum Gasteiger partial charge on any atom is -0.491 e. The highest BCUT2D eigenvalue weighted by atomic mass is 32.1. The van der Waals surface area contributed by atoms with Gasteiger partial charge in [0.2, 0.25) is 0 Å². The van der Waals surface area contributed by atoms with Crippen LogP contribution in [-0.2, 0) is 9.47 Å². The molecule has 0 amide bonds. The van der Waals surface area contributed by atoms with Crippen molar-refractivity contribution in [3.63, 3.8) is 0 Å². The topological polar surface area (TPSA) is 64.1 Å². The molecule has 1 N–H and O–H groups in total. The van der Waals surface area contributed by atoms with Gasteiger partial charge in [0.15, 0.2) is 0 Å². The number of hydrogen-bond donors (Lipinski definition) is 1. The van der Waals surface area contributed by atoms with Crippen LogP contribution >= 0.6 is 11.3 Å². The summed E-state index contributed by atoms with van der Waals surface area (Å²) < 4.78 is 16.2. The monoisotopic (exact) mass is 428 g/mol. The molecule has 0 aliphatic heterocycles. The van der Waals surface area contributed by atoms with Crippen molar-refractivity contribution in [3.05, 3.63) is 54.7 Å². The van der Waals surface area contributed by atoms with Crippen LogP contribution in [-0.4, -0.2) is 63.8 Å². The SMILES string of the molecule is CN(C)c1ccc(-c2cnc(-c3ccc(OCCOCCOCCO)cc3)s2)cc1. The minimum absolute atomic E-state index is 0.0330. The van der Waals surface area contributed by atoms with Gasteiger partial charge in [0, 0.05) is 31.5 Å². The average Bonchev–Trinajstić information content (AvgIpc) is 3.26. The summed E-state index contributed by atoms with van der Waals surface area (Å²) in [5, 5.41) is 9.60. The zero-order chi connectivity index (χ0) is 21.2. The molecule has 1 aromatic heterocycles. The first-order valence-electron chi connectivity index (χ1n) is 9.90. The summed E-state index contributed by atoms with van der Waals surface area (Å²) in [5.74, 6) is 0.801. The van der Waals surface area contributed by atoms with Crippen LogP contribution in [0.5, 0.6) is 5.75 Å². The molecular formula is C23H28N2O4S. The Morgan fingerprint density at radius 2 is 1.47 bits per heavy atom. The molecule has 2 aromatic carbocycles. The first kappa shape index (κ1) is 22.2. The van der Waals surface area contributed by atoms with E-state index in [0.717, 1.165) is 21.2 Å². The average molecular weight is 429 g/mol. The third-order valence-electron chi connectivity index (χ3n) is 4.38. The molecule has 30 heavy (non-hydrogen) atoms. The summed E-state index contributed by atoms with van der Waals surface area (Å²) >= 11 is 1.68. The van der Waals surface area contributed by atoms with Crippen molar-refractivity contribution in [2.45, 2.75) is 0 Å². The van der Waals surface area contributed by atoms with Crippen molar-refractivity contribution in [2.24, 2.45) is 0 Å². The van der Waals surface area contributed by atoms with Crippen LogP contribution in [0.1, 0.15) is 0 Å². The number of aromatic nitrogens is 1. The first-order valence-corrected chi connectivity index (χ1v) is 10.7. The van der Waals surface area contributed by atoms with Gasteiger partial charge in [-0.2, -0.15) is 0 Å². The number of nitrogens with zero attached hydrogens (tertiary/aromatic N) is 2. The number of hydrogen-bond acceptors (Lipinski definition) is 7. The maximum Gasteiger partial charge on any atom is 0.123 e. The molecule has 3 rings (SSSR count). The van der Waals surface area contributed by atoms with Crippen LogP contribution in [0, 0.1) is 0 Å². The van der Waals surface area contributed by atoms with E-state index < -0.39 is 0 Å². The number of aliphatic hydroxyl groups is 1. The van der Waals surface area contributed by atoms with Gasteiger partial charge < -0.3 is 24.2 Å². The van der Waals surface area contributed by atoms with Crippen LogP contribution in [0.4, 0.5) is 5.69 Å². The molecule has 0 aliphatic rings. The molecule has 0 saturated heterocycles. The summed E-state index contributed by atoms with van der Waals surface area (Å²) in [4.78, 5) is 7.82. The van der Waals surface area contributed by atoms with Crippen molar-refractivity contribution in [1.82, 2.24) is 4.98 Å². The third-order valence-corrected chi connectivity index (χ3v) is 5.47. The predicted octanol–water partition coefficient (Wildman–Crippen LogP) is 3.95. The predicted molar refractivity (Wildman–Crippen MR) is 122 cm³/mol. The molecule has 0 atom stereocenters. The maximum absolute atomic E-state index is 8.61. The summed E-state index contributed by atoms with van der Waals surface area (Å²) in [6, 6.07) is 16.4. The molecule has 0 saturated carbocycles. The molecule has 160 valence electrons. The van der Waals surface area contributed by atoms with E-state index in [4.69, 9.17) is 19.3 Å². The van der Waals surface area contributed by atoms with Gasteiger partial charge in [0.25, 0.3) is 0 Å². The zero-order valence-corrected chi connectivity index (χ0v) is 18.2. The molecule has 0 unspecified atom stereocenters. The lowest BCUT2D eigenvalue weighted by Crippen LogP contribution is -2.11. The molecule has 0 fully saturated rings. The molecule has 1 heterocycles. The van der Waals surface area contributed by atoms with Crippen LogP contribution in [0.2, 0.25) is 0 Å². The number of anilines is 1. The molecule has 0 radical (unpaired) electrons. The van der Waals surface area contributed by atoms with Crippen molar-refractivity contribution in [2.75, 3.05) is 58.6 Å². The summed E-state index contributed by atoms with van der Waals surface area (Å²) in [5.41, 5.74) is 3.42. The Labute approximate surface area is 181 Å². The van der Waals surface area contributed by atoms with Gasteiger partial charge in [-0.1, -0.05) is 12.1 Å². The normalized spacial score (nSPS) is 10.9. The van der Waals surface area contributed by atoms with Crippen LogP contribution < -0.4 is 9.64 Å². The lowest BCUT2D eigenvalue weighted by Gasteiger charge is -2.12. The standard InChI is InChI=1S/C23H28N2O4S/c1-25(2)20-7-3-18(4-8-20)22-17-24-23(30-22)19-5-9-21(10-6-19)29-16-15-28-14-13-27-12-11-26/h3-10,17,26H,11-16H2,1-2H3. The van der Waals surface area contributed by atoms with Crippen LogP contribution in [0.25, 0.3) is 21.0 Å². The Kier molecular flexibility index (Phi) is 8.65. The lowest BCUT2D eigenvalue weighted by atomic mass is 10.2. The largest absolute Gasteiger partial charge is 0.491 e. The highest BCUT2D eigenvalue weighted by Crippen LogP contribution is 2.33. The van der Waals surface area contributed by atoms with Crippen molar-refractivity contribution < 1.29 is 19.3 Å². The zero-order valence-electron chi connectivity index (χ0n) is 17.4. The van der Waals surface area contributed by atoms with Gasteiger partial charge >= 0.3 is 0 Å². The third kappa shape index (κ3) is 6.53. The summed E-state index contributed by atoms with van der Waals surface area (Å²) in [6.07, 6.45) is 1.93. The molecular weight excluding hydrogens is 400 g/mol. The van der Waals surface area contributed by atoms with Gasteiger partial charge in [-0.15, -0.1) is 11.3 Å². The summed E-state index contributed by atoms with van der Waals surface area (Å²) in [7, 11) is 4.08. The number of thiazole rings is 1. The van der Waals surface area contributed by atoms with Crippen LogP contribution in [0.15, 0.2) is 54.7 Å². The number of aliphatic hydroxyl groups excluding tert-OH is 1. The van der Waals surface area contributed by atoms with Gasteiger partial charge in [0.1, 0.15) is 17.4 Å². The van der Waals surface area contributed by atoms with E-state index in [2.05, 4.69) is 34.1 Å². The van der Waals surface area contributed by atoms with Crippen molar-refractivity contribution in [3.8, 4) is 26.8 Å². The molecule has 3 aromatic rings. The van der Waals surface area contributed by atoms with E-state index in [9.17, 15) is 0 Å². The van der Waals surface area contributed by atoms with Crippen molar-refractivity contribution in [1.29, 1.82) is 0 Å². The van der Waals surface area contributed by atoms with Gasteiger partial charge in [0.05, 0.1) is 37.9 Å². The van der Waals surface area contributed by atoms with E-state index in [0.29, 0.717) is 33.0 Å². The smallest absolute Gasteiger partial charge is 0.123 e. The fraction of sp³-hybridized carbons (Fsp3) is 0.348. The van der Waals surface area contributed by atoms with Crippen LogP contribution in [0.3, 0.4) is 0 Å². The second-order valence-electron chi connectivity index (χ2n) is 6.79. The molecule has 0 spiro atoms. The molecule has 0 bridgehead atoms. The Balaban J connectivity index is 1.48. The van der Waals surface area contributed by atoms with E-state index in [1.54, 1.807) is 11.3 Å². The van der Waals surface area contributed by atoms with E-state index in [1.165, 1.54) is 11.3 Å². The molecule has 7 heteroatoms. The highest BCUT2D eigenvalue weighted by Gasteiger charge is 2.07. The fourth-order valence-electron chi connectivity index (χ4n) is 2.76. The molecule has 6 nitrogen and oxygen atoms in total. The minimum atomic E-state index is 0.0330. The lowest BCUT2D eigenvalue weighted by molar-refractivity contribution is 0.0247. The Hall–Kier alpha value is -2.45. The second-order valence-corrected chi connectivity index (χ2v) is 7.82.